The molecular formula is C40H79N2+. The molecule has 0 N–H and O–H groups in total. The van der Waals surface area contributed by atoms with Crippen LogP contribution in [0.3, 0.4) is 0 Å². The van der Waals surface area contributed by atoms with E-state index in [1.54, 1.807) is 5.82 Å². The van der Waals surface area contributed by atoms with Gasteiger partial charge in [0.15, 0.2) is 0 Å². The standard InChI is InChI=1S/C40H79N2/c1-4-7-10-12-14-16-18-20-21-22-24-26-28-30-32-34-37-42-39-38-41(36-9-6-3)40(42)35-33-31-29-27-25-23-19-17-15-13-11-8-5-2/h38-39H,4-37H2,1-3H3/q+1. The number of hydrogen-bond donors (Lipinski definition) is 0. The summed E-state index contributed by atoms with van der Waals surface area (Å²) in [5, 5.41) is 0. The van der Waals surface area contributed by atoms with Gasteiger partial charge in [0.25, 0.3) is 5.82 Å². The van der Waals surface area contributed by atoms with Crippen molar-refractivity contribution in [2.75, 3.05) is 0 Å². The van der Waals surface area contributed by atoms with Crippen LogP contribution < -0.4 is 4.57 Å². The Hall–Kier alpha value is -0.790. The Morgan fingerprint density at radius 1 is 0.405 bits per heavy atom. The zero-order valence-electron chi connectivity index (χ0n) is 29.6. The number of aryl methyl sites for hydroxylation is 2. The van der Waals surface area contributed by atoms with Gasteiger partial charge in [0.2, 0.25) is 0 Å². The third-order valence-electron chi connectivity index (χ3n) is 9.60. The van der Waals surface area contributed by atoms with Crippen LogP contribution in [0.2, 0.25) is 0 Å². The van der Waals surface area contributed by atoms with Gasteiger partial charge in [-0.3, -0.25) is 0 Å². The lowest BCUT2D eigenvalue weighted by Crippen LogP contribution is -2.37. The average Bonchev–Trinajstić information content (AvgIpc) is 3.39. The van der Waals surface area contributed by atoms with E-state index in [0.29, 0.717) is 0 Å². The van der Waals surface area contributed by atoms with E-state index < -0.39 is 0 Å². The summed E-state index contributed by atoms with van der Waals surface area (Å²) in [5.74, 6) is 1.60. The van der Waals surface area contributed by atoms with Crippen molar-refractivity contribution in [1.29, 1.82) is 0 Å². The molecule has 0 aliphatic heterocycles. The normalized spacial score (nSPS) is 11.6. The fourth-order valence-corrected chi connectivity index (χ4v) is 6.65. The molecule has 2 heteroatoms. The lowest BCUT2D eigenvalue weighted by atomic mass is 10.0. The second kappa shape index (κ2) is 31.6. The molecule has 248 valence electrons. The van der Waals surface area contributed by atoms with Crippen molar-refractivity contribution in [2.45, 2.75) is 239 Å². The van der Waals surface area contributed by atoms with Gasteiger partial charge < -0.3 is 0 Å². The molecule has 0 atom stereocenters. The largest absolute Gasteiger partial charge is 0.256 e. The molecule has 42 heavy (non-hydrogen) atoms. The summed E-state index contributed by atoms with van der Waals surface area (Å²) in [4.78, 5) is 0. The highest BCUT2D eigenvalue weighted by Crippen LogP contribution is 2.16. The third kappa shape index (κ3) is 23.6. The van der Waals surface area contributed by atoms with Gasteiger partial charge in [-0.15, -0.1) is 0 Å². The summed E-state index contributed by atoms with van der Waals surface area (Å²) in [6, 6.07) is 0. The van der Waals surface area contributed by atoms with Gasteiger partial charge in [-0.2, -0.15) is 0 Å². The highest BCUT2D eigenvalue weighted by Gasteiger charge is 2.16. The number of nitrogens with zero attached hydrogens (tertiary/aromatic N) is 2. The molecule has 1 rings (SSSR count). The highest BCUT2D eigenvalue weighted by atomic mass is 15.1. The summed E-state index contributed by atoms with van der Waals surface area (Å²) in [6.07, 6.45) is 50.5. The summed E-state index contributed by atoms with van der Waals surface area (Å²) in [7, 11) is 0. The van der Waals surface area contributed by atoms with E-state index in [1.165, 1.54) is 219 Å². The number of aromatic nitrogens is 2. The van der Waals surface area contributed by atoms with E-state index >= 15 is 0 Å². The van der Waals surface area contributed by atoms with E-state index in [-0.39, 0.29) is 0 Å². The molecule has 0 bridgehead atoms. The lowest BCUT2D eigenvalue weighted by molar-refractivity contribution is -0.704. The van der Waals surface area contributed by atoms with Crippen molar-refractivity contribution >= 4 is 0 Å². The van der Waals surface area contributed by atoms with E-state index in [1.807, 2.05) is 0 Å². The second-order valence-electron chi connectivity index (χ2n) is 13.8. The second-order valence-corrected chi connectivity index (χ2v) is 13.8. The Morgan fingerprint density at radius 2 is 0.738 bits per heavy atom. The maximum atomic E-state index is 2.61. The van der Waals surface area contributed by atoms with Crippen molar-refractivity contribution in [2.24, 2.45) is 0 Å². The Kier molecular flexibility index (Phi) is 29.5. The average molecular weight is 588 g/mol. The molecule has 0 unspecified atom stereocenters. The van der Waals surface area contributed by atoms with Crippen LogP contribution in [-0.2, 0) is 19.5 Å². The fraction of sp³-hybridized carbons (Fsp3) is 0.925. The van der Waals surface area contributed by atoms with Crippen LogP contribution in [0.4, 0.5) is 0 Å². The van der Waals surface area contributed by atoms with Gasteiger partial charge in [0, 0.05) is 6.42 Å². The monoisotopic (exact) mass is 588 g/mol. The molecule has 0 fully saturated rings. The van der Waals surface area contributed by atoms with Gasteiger partial charge in [-0.1, -0.05) is 194 Å². The van der Waals surface area contributed by atoms with Crippen molar-refractivity contribution in [3.8, 4) is 0 Å². The first-order chi connectivity index (χ1) is 20.8. The minimum absolute atomic E-state index is 1.20. The van der Waals surface area contributed by atoms with Crippen LogP contribution in [0, 0.1) is 0 Å². The van der Waals surface area contributed by atoms with Crippen molar-refractivity contribution < 1.29 is 4.57 Å². The number of unbranched alkanes of at least 4 members (excludes halogenated alkanes) is 28. The Labute approximate surface area is 266 Å². The molecule has 0 aliphatic carbocycles. The lowest BCUT2D eigenvalue weighted by Gasteiger charge is -2.07. The first kappa shape index (κ1) is 39.2. The molecular weight excluding hydrogens is 508 g/mol. The zero-order chi connectivity index (χ0) is 30.2. The summed E-state index contributed by atoms with van der Waals surface area (Å²) in [6.45, 7) is 9.37. The van der Waals surface area contributed by atoms with E-state index in [9.17, 15) is 0 Å². The van der Waals surface area contributed by atoms with Crippen LogP contribution in [0.15, 0.2) is 12.4 Å². The first-order valence-electron chi connectivity index (χ1n) is 19.9. The first-order valence-corrected chi connectivity index (χ1v) is 19.9. The zero-order valence-corrected chi connectivity index (χ0v) is 29.6. The molecule has 0 amide bonds. The van der Waals surface area contributed by atoms with Gasteiger partial charge in [0.1, 0.15) is 12.4 Å². The number of rotatable bonds is 34. The van der Waals surface area contributed by atoms with Crippen LogP contribution >= 0.6 is 0 Å². The quantitative estimate of drug-likeness (QED) is 0.0560. The summed E-state index contributed by atoms with van der Waals surface area (Å²) < 4.78 is 5.19. The molecule has 2 nitrogen and oxygen atoms in total. The SMILES string of the molecule is CCCCCCCCCCCCCCCCCCn1cc[n+](CCCC)c1CCCCCCCCCCCCCCC. The van der Waals surface area contributed by atoms with Crippen molar-refractivity contribution in [3.05, 3.63) is 18.2 Å². The predicted octanol–water partition coefficient (Wildman–Crippen LogP) is 13.5. The molecule has 0 saturated heterocycles. The number of imidazole rings is 1. The Bertz CT molecular complexity index is 648. The number of hydrogen-bond acceptors (Lipinski definition) is 0. The van der Waals surface area contributed by atoms with Crippen LogP contribution in [0.1, 0.15) is 226 Å². The van der Waals surface area contributed by atoms with Crippen LogP contribution in [-0.4, -0.2) is 4.57 Å². The fourth-order valence-electron chi connectivity index (χ4n) is 6.65. The topological polar surface area (TPSA) is 8.81 Å². The molecule has 1 heterocycles. The van der Waals surface area contributed by atoms with Gasteiger partial charge in [-0.05, 0) is 25.7 Å². The Morgan fingerprint density at radius 3 is 1.12 bits per heavy atom. The van der Waals surface area contributed by atoms with Crippen molar-refractivity contribution in [3.63, 3.8) is 0 Å². The molecule has 0 aromatic carbocycles. The van der Waals surface area contributed by atoms with E-state index in [4.69, 9.17) is 0 Å². The summed E-state index contributed by atoms with van der Waals surface area (Å²) >= 11 is 0. The van der Waals surface area contributed by atoms with E-state index in [2.05, 4.69) is 42.3 Å². The van der Waals surface area contributed by atoms with Gasteiger partial charge in [0.05, 0.1) is 13.1 Å². The molecule has 1 aromatic rings. The molecule has 0 aliphatic rings. The van der Waals surface area contributed by atoms with Crippen LogP contribution in [0.5, 0.6) is 0 Å². The minimum Gasteiger partial charge on any atom is -0.234 e. The summed E-state index contributed by atoms with van der Waals surface area (Å²) in [5.41, 5.74) is 0. The maximum absolute atomic E-state index is 2.61. The third-order valence-corrected chi connectivity index (χ3v) is 9.60. The molecule has 0 spiro atoms. The smallest absolute Gasteiger partial charge is 0.234 e. The van der Waals surface area contributed by atoms with Crippen LogP contribution in [0.25, 0.3) is 0 Å². The maximum Gasteiger partial charge on any atom is 0.256 e. The highest BCUT2D eigenvalue weighted by molar-refractivity contribution is 4.84. The Balaban J connectivity index is 2.07. The molecule has 1 aromatic heterocycles. The van der Waals surface area contributed by atoms with Crippen molar-refractivity contribution in [1.82, 2.24) is 4.57 Å². The van der Waals surface area contributed by atoms with E-state index in [0.717, 1.165) is 0 Å². The van der Waals surface area contributed by atoms with Gasteiger partial charge >= 0.3 is 0 Å². The van der Waals surface area contributed by atoms with Gasteiger partial charge in [-0.25, -0.2) is 9.13 Å². The predicted molar refractivity (Wildman–Crippen MR) is 188 cm³/mol. The molecule has 0 saturated carbocycles. The molecule has 0 radical (unpaired) electrons. The minimum atomic E-state index is 1.20.